The van der Waals surface area contributed by atoms with Crippen molar-refractivity contribution in [1.29, 1.82) is 0 Å². The van der Waals surface area contributed by atoms with Crippen LogP contribution in [-0.4, -0.2) is 18.5 Å². The Morgan fingerprint density at radius 2 is 1.64 bits per heavy atom. The second-order valence-corrected chi connectivity index (χ2v) is 5.75. The number of rotatable bonds is 5. The first-order valence-corrected chi connectivity index (χ1v) is 7.76. The van der Waals surface area contributed by atoms with Gasteiger partial charge in [-0.1, -0.05) is 17.7 Å². The van der Waals surface area contributed by atoms with Gasteiger partial charge in [-0.25, -0.2) is 0 Å². The van der Waals surface area contributed by atoms with Crippen LogP contribution in [-0.2, 0) is 0 Å². The van der Waals surface area contributed by atoms with E-state index in [1.807, 2.05) is 55.5 Å². The van der Waals surface area contributed by atoms with E-state index in [9.17, 15) is 4.79 Å². The van der Waals surface area contributed by atoms with Crippen LogP contribution in [0.1, 0.15) is 36.7 Å². The number of carbonyl (C=O) groups excluding carboxylic acids is 1. The Kier molecular flexibility index (Phi) is 5.21. The fourth-order valence-electron chi connectivity index (χ4n) is 2.49. The topological polar surface area (TPSA) is 32.3 Å². The van der Waals surface area contributed by atoms with Crippen molar-refractivity contribution in [3.63, 3.8) is 0 Å². The Morgan fingerprint density at radius 1 is 1.05 bits per heavy atom. The van der Waals surface area contributed by atoms with Gasteiger partial charge in [0.05, 0.1) is 0 Å². The summed E-state index contributed by atoms with van der Waals surface area (Å²) in [5.74, 6) is -0.0797. The van der Waals surface area contributed by atoms with E-state index in [1.165, 1.54) is 5.69 Å². The number of hydrogen-bond donors (Lipinski definition) is 1. The number of nitrogens with zero attached hydrogens (tertiary/aromatic N) is 1. The number of anilines is 2. The van der Waals surface area contributed by atoms with Crippen molar-refractivity contribution < 1.29 is 4.79 Å². The minimum atomic E-state index is -0.0797. The highest BCUT2D eigenvalue weighted by atomic mass is 16.1. The third kappa shape index (κ3) is 3.88. The van der Waals surface area contributed by atoms with Crippen molar-refractivity contribution in [3.8, 4) is 0 Å². The second kappa shape index (κ2) is 7.12. The third-order valence-corrected chi connectivity index (χ3v) is 3.73. The van der Waals surface area contributed by atoms with Crippen molar-refractivity contribution in [2.24, 2.45) is 0 Å². The quantitative estimate of drug-likeness (QED) is 0.882. The third-order valence-electron chi connectivity index (χ3n) is 3.73. The van der Waals surface area contributed by atoms with E-state index < -0.39 is 0 Å². The molecule has 0 fully saturated rings. The van der Waals surface area contributed by atoms with Crippen LogP contribution in [0.4, 0.5) is 11.4 Å². The van der Waals surface area contributed by atoms with Gasteiger partial charge in [0, 0.05) is 29.5 Å². The number of benzene rings is 2. The maximum atomic E-state index is 12.2. The molecule has 22 heavy (non-hydrogen) atoms. The Labute approximate surface area is 133 Å². The Bertz CT molecular complexity index is 615. The van der Waals surface area contributed by atoms with Crippen molar-refractivity contribution in [2.45, 2.75) is 33.7 Å². The molecule has 0 aliphatic rings. The van der Waals surface area contributed by atoms with Gasteiger partial charge in [-0.05, 0) is 64.1 Å². The minimum absolute atomic E-state index is 0.0797. The van der Waals surface area contributed by atoms with Gasteiger partial charge in [0.25, 0.3) is 5.91 Å². The molecular formula is C19H24N2O. The van der Waals surface area contributed by atoms with Crippen molar-refractivity contribution >= 4 is 17.3 Å². The molecule has 3 nitrogen and oxygen atoms in total. The van der Waals surface area contributed by atoms with Gasteiger partial charge in [-0.15, -0.1) is 0 Å². The lowest BCUT2D eigenvalue weighted by Crippen LogP contribution is -2.30. The first kappa shape index (κ1) is 16.1. The predicted molar refractivity (Wildman–Crippen MR) is 93.7 cm³/mol. The van der Waals surface area contributed by atoms with Crippen LogP contribution >= 0.6 is 0 Å². The van der Waals surface area contributed by atoms with Gasteiger partial charge in [0.15, 0.2) is 0 Å². The highest BCUT2D eigenvalue weighted by Gasteiger charge is 2.09. The SMILES string of the molecule is CCN(c1ccc(NC(=O)c2ccc(C)cc2)cc1)C(C)C. The average Bonchev–Trinajstić information content (AvgIpc) is 2.50. The smallest absolute Gasteiger partial charge is 0.255 e. The second-order valence-electron chi connectivity index (χ2n) is 5.75. The van der Waals surface area contributed by atoms with Gasteiger partial charge in [0.2, 0.25) is 0 Å². The first-order valence-electron chi connectivity index (χ1n) is 7.76. The molecule has 0 bridgehead atoms. The molecule has 2 aromatic carbocycles. The summed E-state index contributed by atoms with van der Waals surface area (Å²) in [6.07, 6.45) is 0. The summed E-state index contributed by atoms with van der Waals surface area (Å²) < 4.78 is 0. The minimum Gasteiger partial charge on any atom is -0.369 e. The van der Waals surface area contributed by atoms with E-state index in [1.54, 1.807) is 0 Å². The molecule has 2 rings (SSSR count). The van der Waals surface area contributed by atoms with Crippen molar-refractivity contribution in [2.75, 3.05) is 16.8 Å². The summed E-state index contributed by atoms with van der Waals surface area (Å²) in [4.78, 5) is 14.5. The monoisotopic (exact) mass is 296 g/mol. The van der Waals surface area contributed by atoms with Gasteiger partial charge < -0.3 is 10.2 Å². The van der Waals surface area contributed by atoms with Gasteiger partial charge in [0.1, 0.15) is 0 Å². The predicted octanol–water partition coefficient (Wildman–Crippen LogP) is 4.48. The molecule has 0 saturated heterocycles. The molecule has 0 aliphatic heterocycles. The zero-order chi connectivity index (χ0) is 16.1. The lowest BCUT2D eigenvalue weighted by atomic mass is 10.1. The van der Waals surface area contributed by atoms with E-state index in [0.717, 1.165) is 17.8 Å². The molecule has 0 radical (unpaired) electrons. The zero-order valence-corrected chi connectivity index (χ0v) is 13.8. The van der Waals surface area contributed by atoms with Crippen molar-refractivity contribution in [1.82, 2.24) is 0 Å². The van der Waals surface area contributed by atoms with E-state index in [-0.39, 0.29) is 5.91 Å². The lowest BCUT2D eigenvalue weighted by Gasteiger charge is -2.27. The fourth-order valence-corrected chi connectivity index (χ4v) is 2.49. The Morgan fingerprint density at radius 3 is 2.14 bits per heavy atom. The number of amides is 1. The summed E-state index contributed by atoms with van der Waals surface area (Å²) in [6, 6.07) is 16.0. The molecule has 0 atom stereocenters. The molecule has 3 heteroatoms. The summed E-state index contributed by atoms with van der Waals surface area (Å²) in [7, 11) is 0. The standard InChI is InChI=1S/C19H24N2O/c1-5-21(14(2)3)18-12-10-17(11-13-18)20-19(22)16-8-6-15(4)7-9-16/h6-14H,5H2,1-4H3,(H,20,22). The summed E-state index contributed by atoms with van der Waals surface area (Å²) in [5, 5.41) is 2.93. The molecule has 1 amide bonds. The molecule has 0 heterocycles. The summed E-state index contributed by atoms with van der Waals surface area (Å²) >= 11 is 0. The van der Waals surface area contributed by atoms with Crippen LogP contribution < -0.4 is 10.2 Å². The zero-order valence-electron chi connectivity index (χ0n) is 13.8. The summed E-state index contributed by atoms with van der Waals surface area (Å²) in [5.41, 5.74) is 3.81. The normalized spacial score (nSPS) is 10.6. The van der Waals surface area contributed by atoms with Crippen LogP contribution in [0.3, 0.4) is 0 Å². The molecule has 1 N–H and O–H groups in total. The number of aryl methyl sites for hydroxylation is 1. The number of nitrogens with one attached hydrogen (secondary N) is 1. The highest BCUT2D eigenvalue weighted by Crippen LogP contribution is 2.20. The molecule has 116 valence electrons. The van der Waals surface area contributed by atoms with Gasteiger partial charge >= 0.3 is 0 Å². The van der Waals surface area contributed by atoms with E-state index >= 15 is 0 Å². The van der Waals surface area contributed by atoms with E-state index in [4.69, 9.17) is 0 Å². The Balaban J connectivity index is 2.08. The summed E-state index contributed by atoms with van der Waals surface area (Å²) in [6.45, 7) is 9.47. The Hall–Kier alpha value is -2.29. The lowest BCUT2D eigenvalue weighted by molar-refractivity contribution is 0.102. The van der Waals surface area contributed by atoms with Crippen LogP contribution in [0, 0.1) is 6.92 Å². The van der Waals surface area contributed by atoms with E-state index in [2.05, 4.69) is 31.0 Å². The number of carbonyl (C=O) groups is 1. The van der Waals surface area contributed by atoms with Crippen LogP contribution in [0.2, 0.25) is 0 Å². The molecule has 0 aliphatic carbocycles. The average molecular weight is 296 g/mol. The highest BCUT2D eigenvalue weighted by molar-refractivity contribution is 6.04. The van der Waals surface area contributed by atoms with Crippen LogP contribution in [0.5, 0.6) is 0 Å². The molecule has 0 unspecified atom stereocenters. The first-order chi connectivity index (χ1) is 10.5. The largest absolute Gasteiger partial charge is 0.369 e. The molecule has 0 aromatic heterocycles. The van der Waals surface area contributed by atoms with Gasteiger partial charge in [-0.2, -0.15) is 0 Å². The maximum Gasteiger partial charge on any atom is 0.255 e. The van der Waals surface area contributed by atoms with Crippen molar-refractivity contribution in [3.05, 3.63) is 59.7 Å². The van der Waals surface area contributed by atoms with E-state index in [0.29, 0.717) is 11.6 Å². The number of hydrogen-bond acceptors (Lipinski definition) is 2. The van der Waals surface area contributed by atoms with Crippen LogP contribution in [0.25, 0.3) is 0 Å². The maximum absolute atomic E-state index is 12.2. The molecular weight excluding hydrogens is 272 g/mol. The molecule has 0 saturated carbocycles. The van der Waals surface area contributed by atoms with Gasteiger partial charge in [-0.3, -0.25) is 4.79 Å². The molecule has 0 spiro atoms. The van der Waals surface area contributed by atoms with Crippen LogP contribution in [0.15, 0.2) is 48.5 Å². The fraction of sp³-hybridized carbons (Fsp3) is 0.316. The molecule has 2 aromatic rings.